The summed E-state index contributed by atoms with van der Waals surface area (Å²) in [5.74, 6) is 1.71. The third kappa shape index (κ3) is 2.84. The minimum absolute atomic E-state index is 0.502. The zero-order chi connectivity index (χ0) is 15.5. The summed E-state index contributed by atoms with van der Waals surface area (Å²) in [6, 6.07) is 17.9. The number of rotatable bonds is 4. The van der Waals surface area contributed by atoms with Crippen LogP contribution in [-0.2, 0) is 6.61 Å². The fourth-order valence-electron chi connectivity index (χ4n) is 2.49. The van der Waals surface area contributed by atoms with Gasteiger partial charge in [0.1, 0.15) is 18.1 Å². The third-order valence-corrected chi connectivity index (χ3v) is 3.80. The Kier molecular flexibility index (Phi) is 3.88. The van der Waals surface area contributed by atoms with E-state index in [0.29, 0.717) is 6.61 Å². The first-order valence-electron chi connectivity index (χ1n) is 7.22. The molecular formula is C19H19NO2. The number of methoxy groups -OCH3 is 1. The summed E-state index contributed by atoms with van der Waals surface area (Å²) in [7, 11) is 1.67. The molecule has 2 N–H and O–H groups in total. The normalized spacial score (nSPS) is 10.6. The number of hydrogen-bond donors (Lipinski definition) is 1. The largest absolute Gasteiger partial charge is 0.497 e. The van der Waals surface area contributed by atoms with Gasteiger partial charge in [-0.15, -0.1) is 0 Å². The second-order valence-electron chi connectivity index (χ2n) is 5.32. The molecule has 0 unspecified atom stereocenters. The Bertz CT molecular complexity index is 812. The van der Waals surface area contributed by atoms with E-state index in [1.807, 2.05) is 48.5 Å². The van der Waals surface area contributed by atoms with Crippen LogP contribution in [0.4, 0.5) is 5.69 Å². The SMILES string of the molecule is COc1ccc2c(OCc3cc(N)ccc3C)cccc2c1. The van der Waals surface area contributed by atoms with Crippen molar-refractivity contribution in [2.75, 3.05) is 12.8 Å². The van der Waals surface area contributed by atoms with Gasteiger partial charge in [-0.05, 0) is 59.8 Å². The number of nitrogen functional groups attached to an aromatic ring is 1. The van der Waals surface area contributed by atoms with Crippen molar-refractivity contribution in [1.29, 1.82) is 0 Å². The molecule has 3 rings (SSSR count). The fraction of sp³-hybridized carbons (Fsp3) is 0.158. The van der Waals surface area contributed by atoms with Crippen molar-refractivity contribution in [3.05, 3.63) is 65.7 Å². The molecule has 0 bridgehead atoms. The Morgan fingerprint density at radius 1 is 1.00 bits per heavy atom. The van der Waals surface area contributed by atoms with Crippen LogP contribution in [0.15, 0.2) is 54.6 Å². The van der Waals surface area contributed by atoms with E-state index in [4.69, 9.17) is 15.2 Å². The van der Waals surface area contributed by atoms with Crippen LogP contribution < -0.4 is 15.2 Å². The van der Waals surface area contributed by atoms with Crippen molar-refractivity contribution in [2.45, 2.75) is 13.5 Å². The second kappa shape index (κ2) is 5.98. The molecule has 0 aliphatic rings. The molecule has 0 spiro atoms. The van der Waals surface area contributed by atoms with Gasteiger partial charge in [0.2, 0.25) is 0 Å². The Morgan fingerprint density at radius 2 is 1.86 bits per heavy atom. The van der Waals surface area contributed by atoms with Gasteiger partial charge in [0.05, 0.1) is 7.11 Å². The van der Waals surface area contributed by atoms with Gasteiger partial charge in [-0.3, -0.25) is 0 Å². The minimum atomic E-state index is 0.502. The lowest BCUT2D eigenvalue weighted by Crippen LogP contribution is -1.99. The Hall–Kier alpha value is -2.68. The Balaban J connectivity index is 1.89. The van der Waals surface area contributed by atoms with E-state index in [2.05, 4.69) is 13.0 Å². The number of hydrogen-bond acceptors (Lipinski definition) is 3. The molecule has 3 aromatic rings. The summed E-state index contributed by atoms with van der Waals surface area (Å²) in [5.41, 5.74) is 8.89. The van der Waals surface area contributed by atoms with Gasteiger partial charge in [-0.2, -0.15) is 0 Å². The maximum Gasteiger partial charge on any atom is 0.127 e. The van der Waals surface area contributed by atoms with Crippen LogP contribution in [0.25, 0.3) is 10.8 Å². The number of fused-ring (bicyclic) bond motifs is 1. The van der Waals surface area contributed by atoms with Crippen LogP contribution in [0.2, 0.25) is 0 Å². The average molecular weight is 293 g/mol. The molecule has 0 aliphatic heterocycles. The highest BCUT2D eigenvalue weighted by molar-refractivity contribution is 5.89. The van der Waals surface area contributed by atoms with Crippen molar-refractivity contribution >= 4 is 16.5 Å². The van der Waals surface area contributed by atoms with Gasteiger partial charge in [0.15, 0.2) is 0 Å². The smallest absolute Gasteiger partial charge is 0.127 e. The van der Waals surface area contributed by atoms with Gasteiger partial charge < -0.3 is 15.2 Å². The molecular weight excluding hydrogens is 274 g/mol. The van der Waals surface area contributed by atoms with E-state index in [0.717, 1.165) is 33.5 Å². The van der Waals surface area contributed by atoms with Gasteiger partial charge in [0.25, 0.3) is 0 Å². The molecule has 0 fully saturated rings. The summed E-state index contributed by atoms with van der Waals surface area (Å²) >= 11 is 0. The monoisotopic (exact) mass is 293 g/mol. The predicted octanol–water partition coefficient (Wildman–Crippen LogP) is 4.32. The predicted molar refractivity (Wildman–Crippen MR) is 90.4 cm³/mol. The van der Waals surface area contributed by atoms with Crippen LogP contribution in [0.3, 0.4) is 0 Å². The van der Waals surface area contributed by atoms with E-state index < -0.39 is 0 Å². The van der Waals surface area contributed by atoms with Crippen molar-refractivity contribution in [2.24, 2.45) is 0 Å². The van der Waals surface area contributed by atoms with Crippen LogP contribution in [0.1, 0.15) is 11.1 Å². The zero-order valence-electron chi connectivity index (χ0n) is 12.8. The van der Waals surface area contributed by atoms with Crippen molar-refractivity contribution in [1.82, 2.24) is 0 Å². The molecule has 0 saturated heterocycles. The highest BCUT2D eigenvalue weighted by atomic mass is 16.5. The highest BCUT2D eigenvalue weighted by Gasteiger charge is 2.05. The molecule has 3 aromatic carbocycles. The van der Waals surface area contributed by atoms with Crippen LogP contribution in [0.5, 0.6) is 11.5 Å². The summed E-state index contributed by atoms with van der Waals surface area (Å²) < 4.78 is 11.3. The number of nitrogens with two attached hydrogens (primary N) is 1. The van der Waals surface area contributed by atoms with Crippen molar-refractivity contribution in [3.8, 4) is 11.5 Å². The summed E-state index contributed by atoms with van der Waals surface area (Å²) in [6.07, 6.45) is 0. The lowest BCUT2D eigenvalue weighted by atomic mass is 10.1. The molecule has 22 heavy (non-hydrogen) atoms. The van der Waals surface area contributed by atoms with E-state index in [1.54, 1.807) is 7.11 Å². The average Bonchev–Trinajstić information content (AvgIpc) is 2.55. The molecule has 3 heteroatoms. The number of anilines is 1. The number of benzene rings is 3. The second-order valence-corrected chi connectivity index (χ2v) is 5.32. The molecule has 0 heterocycles. The molecule has 0 atom stereocenters. The van der Waals surface area contributed by atoms with Crippen LogP contribution in [-0.4, -0.2) is 7.11 Å². The number of ether oxygens (including phenoxy) is 2. The van der Waals surface area contributed by atoms with Crippen LogP contribution >= 0.6 is 0 Å². The highest BCUT2D eigenvalue weighted by Crippen LogP contribution is 2.29. The standard InChI is InChI=1S/C19H19NO2/c1-13-6-7-16(20)10-15(13)12-22-19-5-3-4-14-11-17(21-2)8-9-18(14)19/h3-11H,12,20H2,1-2H3. The molecule has 0 amide bonds. The lowest BCUT2D eigenvalue weighted by molar-refractivity contribution is 0.309. The maximum atomic E-state index is 6.02. The minimum Gasteiger partial charge on any atom is -0.497 e. The quantitative estimate of drug-likeness (QED) is 0.729. The van der Waals surface area contributed by atoms with Gasteiger partial charge >= 0.3 is 0 Å². The number of aryl methyl sites for hydroxylation is 1. The van der Waals surface area contributed by atoms with E-state index in [1.165, 1.54) is 5.56 Å². The van der Waals surface area contributed by atoms with Crippen LogP contribution in [0, 0.1) is 6.92 Å². The fourth-order valence-corrected chi connectivity index (χ4v) is 2.49. The van der Waals surface area contributed by atoms with Gasteiger partial charge in [-0.25, -0.2) is 0 Å². The molecule has 0 radical (unpaired) electrons. The first-order valence-corrected chi connectivity index (χ1v) is 7.22. The lowest BCUT2D eigenvalue weighted by Gasteiger charge is -2.12. The first kappa shape index (κ1) is 14.3. The molecule has 112 valence electrons. The molecule has 0 aliphatic carbocycles. The molecule has 0 saturated carbocycles. The van der Waals surface area contributed by atoms with E-state index in [-0.39, 0.29) is 0 Å². The third-order valence-electron chi connectivity index (χ3n) is 3.80. The first-order chi connectivity index (χ1) is 10.7. The summed E-state index contributed by atoms with van der Waals surface area (Å²) in [5, 5.41) is 2.17. The van der Waals surface area contributed by atoms with E-state index >= 15 is 0 Å². The van der Waals surface area contributed by atoms with Crippen molar-refractivity contribution in [3.63, 3.8) is 0 Å². The van der Waals surface area contributed by atoms with Crippen molar-refractivity contribution < 1.29 is 9.47 Å². The topological polar surface area (TPSA) is 44.5 Å². The zero-order valence-corrected chi connectivity index (χ0v) is 12.8. The molecule has 3 nitrogen and oxygen atoms in total. The Morgan fingerprint density at radius 3 is 2.68 bits per heavy atom. The Labute approximate surface area is 130 Å². The maximum absolute atomic E-state index is 6.02. The van der Waals surface area contributed by atoms with Gasteiger partial charge in [-0.1, -0.05) is 18.2 Å². The molecule has 0 aromatic heterocycles. The van der Waals surface area contributed by atoms with Gasteiger partial charge in [0, 0.05) is 11.1 Å². The summed E-state index contributed by atoms with van der Waals surface area (Å²) in [4.78, 5) is 0. The summed E-state index contributed by atoms with van der Waals surface area (Å²) in [6.45, 7) is 2.56. The van der Waals surface area contributed by atoms with E-state index in [9.17, 15) is 0 Å².